The first-order valence-corrected chi connectivity index (χ1v) is 14.6. The van der Waals surface area contributed by atoms with Gasteiger partial charge in [-0.1, -0.05) is 6.07 Å². The van der Waals surface area contributed by atoms with Gasteiger partial charge < -0.3 is 19.7 Å². The summed E-state index contributed by atoms with van der Waals surface area (Å²) in [6.45, 7) is 7.07. The summed E-state index contributed by atoms with van der Waals surface area (Å²) in [5.74, 6) is 0.123. The van der Waals surface area contributed by atoms with Gasteiger partial charge >= 0.3 is 0 Å². The van der Waals surface area contributed by atoms with E-state index in [2.05, 4.69) is 45.3 Å². The number of aromatic nitrogens is 1. The molecule has 0 radical (unpaired) electrons. The van der Waals surface area contributed by atoms with Crippen molar-refractivity contribution in [3.05, 3.63) is 79.4 Å². The number of aliphatic imine (C=N–C) groups is 1. The van der Waals surface area contributed by atoms with Gasteiger partial charge in [-0.25, -0.2) is 0 Å². The summed E-state index contributed by atoms with van der Waals surface area (Å²) >= 11 is 1.76. The SMILES string of the molecule is CC(Cc1cccs1)N(C)c1cc[nH]c(=O)c1C1=Nc2cc3c(cc2C1)C(=O)N(CCCN1CCCC1)C3. The predicted molar refractivity (Wildman–Crippen MR) is 154 cm³/mol. The fraction of sp³-hybridized carbons (Fsp3) is 0.433. The second kappa shape index (κ2) is 10.5. The highest BCUT2D eigenvalue weighted by Crippen LogP contribution is 2.36. The molecule has 1 atom stereocenters. The van der Waals surface area contributed by atoms with Crippen molar-refractivity contribution in [1.29, 1.82) is 0 Å². The maximum Gasteiger partial charge on any atom is 0.259 e. The Bertz CT molecular complexity index is 1420. The average molecular weight is 530 g/mol. The second-order valence-corrected chi connectivity index (χ2v) is 11.8. The average Bonchev–Trinajstić information content (AvgIpc) is 3.71. The molecule has 1 amide bonds. The Hall–Kier alpha value is -3.23. The van der Waals surface area contributed by atoms with Gasteiger partial charge in [-0.05, 0) is 86.6 Å². The van der Waals surface area contributed by atoms with E-state index in [-0.39, 0.29) is 17.5 Å². The maximum absolute atomic E-state index is 13.2. The number of carbonyl (C=O) groups is 1. The van der Waals surface area contributed by atoms with Crippen molar-refractivity contribution in [3.63, 3.8) is 0 Å². The lowest BCUT2D eigenvalue weighted by molar-refractivity contribution is 0.0772. The van der Waals surface area contributed by atoms with Gasteiger partial charge in [-0.2, -0.15) is 0 Å². The van der Waals surface area contributed by atoms with Crippen LogP contribution in [0.25, 0.3) is 0 Å². The van der Waals surface area contributed by atoms with E-state index in [1.165, 1.54) is 30.8 Å². The predicted octanol–water partition coefficient (Wildman–Crippen LogP) is 4.62. The Kier molecular flexibility index (Phi) is 6.93. The summed E-state index contributed by atoms with van der Waals surface area (Å²) < 4.78 is 0. The number of H-pyrrole nitrogens is 1. The fourth-order valence-electron chi connectivity index (χ4n) is 6.02. The van der Waals surface area contributed by atoms with Gasteiger partial charge in [0.15, 0.2) is 0 Å². The minimum absolute atomic E-state index is 0.123. The van der Waals surface area contributed by atoms with E-state index < -0.39 is 0 Å². The van der Waals surface area contributed by atoms with Crippen molar-refractivity contribution >= 4 is 34.3 Å². The van der Waals surface area contributed by atoms with Crippen LogP contribution in [0.4, 0.5) is 11.4 Å². The Morgan fingerprint density at radius 1 is 1.13 bits per heavy atom. The smallest absolute Gasteiger partial charge is 0.259 e. The lowest BCUT2D eigenvalue weighted by atomic mass is 9.99. The number of hydrogen-bond donors (Lipinski definition) is 1. The molecule has 1 aromatic carbocycles. The molecule has 3 aliphatic heterocycles. The maximum atomic E-state index is 13.2. The van der Waals surface area contributed by atoms with E-state index in [0.717, 1.165) is 59.7 Å². The van der Waals surface area contributed by atoms with Crippen LogP contribution in [0.5, 0.6) is 0 Å². The molecule has 1 fully saturated rings. The number of fused-ring (bicyclic) bond motifs is 2. The van der Waals surface area contributed by atoms with E-state index in [9.17, 15) is 9.59 Å². The molecule has 0 aliphatic carbocycles. The van der Waals surface area contributed by atoms with E-state index in [1.807, 2.05) is 24.1 Å². The first-order chi connectivity index (χ1) is 18.5. The standard InChI is InChI=1S/C30H35N5O2S/c1-20(15-23-7-5-14-38-23)33(2)27-8-9-31-29(36)28(27)26-17-21-16-24-22(18-25(21)32-26)19-35(30(24)37)13-6-12-34-10-3-4-11-34/h5,7-9,14,16,18,20H,3-4,6,10-13,15,17,19H2,1-2H3,(H,31,36). The number of thiophene rings is 1. The summed E-state index contributed by atoms with van der Waals surface area (Å²) in [7, 11) is 2.05. The van der Waals surface area contributed by atoms with Crippen molar-refractivity contribution < 1.29 is 4.79 Å². The van der Waals surface area contributed by atoms with E-state index in [4.69, 9.17) is 4.99 Å². The molecule has 3 aliphatic rings. The molecule has 8 heteroatoms. The van der Waals surface area contributed by atoms with Crippen LogP contribution in [0.2, 0.25) is 0 Å². The minimum atomic E-state index is -0.128. The third-order valence-corrected chi connectivity index (χ3v) is 9.14. The third-order valence-electron chi connectivity index (χ3n) is 8.24. The number of anilines is 1. The first-order valence-electron chi connectivity index (χ1n) is 13.7. The Labute approximate surface area is 227 Å². The highest BCUT2D eigenvalue weighted by atomic mass is 32.1. The van der Waals surface area contributed by atoms with Crippen LogP contribution in [0.1, 0.15) is 58.1 Å². The number of benzene rings is 1. The zero-order valence-electron chi connectivity index (χ0n) is 22.2. The molecule has 2 aromatic heterocycles. The zero-order valence-corrected chi connectivity index (χ0v) is 23.0. The normalized spacial score (nSPS) is 17.6. The number of carbonyl (C=O) groups excluding carboxylic acids is 1. The molecule has 1 unspecified atom stereocenters. The number of aromatic amines is 1. The summed E-state index contributed by atoms with van der Waals surface area (Å²) in [6.07, 6.45) is 6.78. The molecule has 7 nitrogen and oxygen atoms in total. The molecule has 0 spiro atoms. The van der Waals surface area contributed by atoms with Crippen molar-refractivity contribution in [2.24, 2.45) is 4.99 Å². The number of rotatable bonds is 9. The first kappa shape index (κ1) is 25.1. The van der Waals surface area contributed by atoms with Gasteiger partial charge in [0, 0.05) is 55.7 Å². The van der Waals surface area contributed by atoms with Gasteiger partial charge in [0.05, 0.1) is 22.6 Å². The topological polar surface area (TPSA) is 72.0 Å². The zero-order chi connectivity index (χ0) is 26.2. The van der Waals surface area contributed by atoms with Crippen molar-refractivity contribution in [2.75, 3.05) is 38.1 Å². The van der Waals surface area contributed by atoms with Gasteiger partial charge in [-0.15, -0.1) is 11.3 Å². The number of likely N-dealkylation sites (N-methyl/N-ethyl adjacent to an activating group) is 1. The number of likely N-dealkylation sites (tertiary alicyclic amines) is 1. The monoisotopic (exact) mass is 529 g/mol. The fourth-order valence-corrected chi connectivity index (χ4v) is 6.84. The van der Waals surface area contributed by atoms with Crippen LogP contribution in [-0.4, -0.2) is 65.7 Å². The number of nitrogens with zero attached hydrogens (tertiary/aromatic N) is 4. The summed E-state index contributed by atoms with van der Waals surface area (Å²) in [5, 5.41) is 2.10. The quantitative estimate of drug-likeness (QED) is 0.439. The summed E-state index contributed by atoms with van der Waals surface area (Å²) in [6, 6.07) is 10.5. The number of hydrogen-bond acceptors (Lipinski definition) is 6. The summed E-state index contributed by atoms with van der Waals surface area (Å²) in [4.78, 5) is 42.1. The molecule has 0 bridgehead atoms. The van der Waals surface area contributed by atoms with Crippen LogP contribution in [0.3, 0.4) is 0 Å². The highest BCUT2D eigenvalue weighted by Gasteiger charge is 2.31. The summed E-state index contributed by atoms with van der Waals surface area (Å²) in [5.41, 5.74) is 5.90. The van der Waals surface area contributed by atoms with Crippen molar-refractivity contribution in [3.8, 4) is 0 Å². The minimum Gasteiger partial charge on any atom is -0.371 e. The number of amides is 1. The largest absolute Gasteiger partial charge is 0.371 e. The highest BCUT2D eigenvalue weighted by molar-refractivity contribution is 7.09. The molecule has 198 valence electrons. The Morgan fingerprint density at radius 3 is 2.76 bits per heavy atom. The van der Waals surface area contributed by atoms with E-state index in [0.29, 0.717) is 18.5 Å². The molecule has 1 N–H and O–H groups in total. The number of nitrogens with one attached hydrogen (secondary N) is 1. The molecule has 6 rings (SSSR count). The van der Waals surface area contributed by atoms with Gasteiger partial charge in [0.25, 0.3) is 11.5 Å². The molecule has 3 aromatic rings. The molecule has 5 heterocycles. The Morgan fingerprint density at radius 2 is 1.97 bits per heavy atom. The third kappa shape index (κ3) is 4.83. The van der Waals surface area contributed by atoms with Crippen LogP contribution in [0.15, 0.2) is 51.7 Å². The van der Waals surface area contributed by atoms with Gasteiger partial charge in [0.2, 0.25) is 0 Å². The molecule has 38 heavy (non-hydrogen) atoms. The van der Waals surface area contributed by atoms with Crippen LogP contribution >= 0.6 is 11.3 Å². The van der Waals surface area contributed by atoms with E-state index in [1.54, 1.807) is 17.5 Å². The van der Waals surface area contributed by atoms with Crippen molar-refractivity contribution in [2.45, 2.75) is 51.6 Å². The molecule has 0 saturated carbocycles. The molecular formula is C30H35N5O2S. The van der Waals surface area contributed by atoms with Crippen LogP contribution < -0.4 is 10.5 Å². The molecular weight excluding hydrogens is 494 g/mol. The van der Waals surface area contributed by atoms with E-state index >= 15 is 0 Å². The van der Waals surface area contributed by atoms with Crippen molar-refractivity contribution in [1.82, 2.24) is 14.8 Å². The molecule has 1 saturated heterocycles. The van der Waals surface area contributed by atoms with Gasteiger partial charge in [-0.3, -0.25) is 14.6 Å². The van der Waals surface area contributed by atoms with Crippen LogP contribution in [-0.2, 0) is 19.4 Å². The number of pyridine rings is 1. The Balaban J connectivity index is 1.20. The lowest BCUT2D eigenvalue weighted by Crippen LogP contribution is -2.34. The van der Waals surface area contributed by atoms with Crippen LogP contribution in [0, 0.1) is 0 Å². The lowest BCUT2D eigenvalue weighted by Gasteiger charge is -2.28. The van der Waals surface area contributed by atoms with Gasteiger partial charge in [0.1, 0.15) is 0 Å². The second-order valence-electron chi connectivity index (χ2n) is 10.8.